The van der Waals surface area contributed by atoms with E-state index in [1.54, 1.807) is 0 Å². The Morgan fingerprint density at radius 3 is 2.26 bits per heavy atom. The summed E-state index contributed by atoms with van der Waals surface area (Å²) in [4.78, 5) is 11.6. The molecular weight excluding hydrogens is 238 g/mol. The molecule has 1 amide bonds. The number of alkyl carbamates (subject to hydrolysis) is 1. The molecule has 3 nitrogen and oxygen atoms in total. The van der Waals surface area contributed by atoms with Crippen molar-refractivity contribution < 1.29 is 9.53 Å². The Balaban J connectivity index is 2.25. The van der Waals surface area contributed by atoms with Crippen molar-refractivity contribution in [3.8, 4) is 0 Å². The summed E-state index contributed by atoms with van der Waals surface area (Å²) in [7, 11) is 0. The topological polar surface area (TPSA) is 38.3 Å². The van der Waals surface area contributed by atoms with E-state index < -0.39 is 5.60 Å². The lowest BCUT2D eigenvalue weighted by atomic mass is 9.70. The first-order valence-electron chi connectivity index (χ1n) is 7.38. The normalized spacial score (nSPS) is 24.9. The van der Waals surface area contributed by atoms with Crippen LogP contribution in [-0.2, 0) is 4.74 Å². The Morgan fingerprint density at radius 1 is 1.21 bits per heavy atom. The van der Waals surface area contributed by atoms with Crippen molar-refractivity contribution in [1.29, 1.82) is 0 Å². The third-order valence-corrected chi connectivity index (χ3v) is 3.77. The van der Waals surface area contributed by atoms with Crippen LogP contribution in [0.2, 0.25) is 0 Å². The van der Waals surface area contributed by atoms with Crippen molar-refractivity contribution >= 4 is 6.09 Å². The fourth-order valence-electron chi connectivity index (χ4n) is 2.51. The van der Waals surface area contributed by atoms with Gasteiger partial charge in [0, 0.05) is 6.54 Å². The van der Waals surface area contributed by atoms with Gasteiger partial charge in [0.05, 0.1) is 0 Å². The molecule has 1 aliphatic rings. The molecule has 19 heavy (non-hydrogen) atoms. The molecule has 0 aromatic rings. The molecule has 0 saturated heterocycles. The maximum absolute atomic E-state index is 11.6. The van der Waals surface area contributed by atoms with Crippen LogP contribution in [0.15, 0.2) is 0 Å². The summed E-state index contributed by atoms with van der Waals surface area (Å²) >= 11 is 0. The van der Waals surface area contributed by atoms with Crippen LogP contribution in [0.5, 0.6) is 0 Å². The molecule has 0 aliphatic heterocycles. The maximum Gasteiger partial charge on any atom is 0.407 e. The molecule has 0 bridgehead atoms. The molecule has 2 atom stereocenters. The molecule has 1 aliphatic carbocycles. The summed E-state index contributed by atoms with van der Waals surface area (Å²) in [6.45, 7) is 13.3. The number of hydrogen-bond donors (Lipinski definition) is 1. The average molecular weight is 268 g/mol. The summed E-state index contributed by atoms with van der Waals surface area (Å²) in [6, 6.07) is 0. The number of ether oxygens (including phenoxy) is 1. The highest BCUT2D eigenvalue weighted by Gasteiger charge is 2.30. The molecule has 0 spiro atoms. The minimum atomic E-state index is -0.419. The molecule has 1 fully saturated rings. The number of hydrogen-bond acceptors (Lipinski definition) is 2. The minimum Gasteiger partial charge on any atom is -0.444 e. The van der Waals surface area contributed by atoms with Crippen LogP contribution in [0.25, 0.3) is 0 Å². The van der Waals surface area contributed by atoms with Crippen LogP contribution < -0.4 is 5.32 Å². The van der Waals surface area contributed by atoms with E-state index in [0.717, 1.165) is 18.8 Å². The van der Waals surface area contributed by atoms with Gasteiger partial charge in [-0.05, 0) is 63.7 Å². The third-order valence-electron chi connectivity index (χ3n) is 3.77. The molecule has 1 radical (unpaired) electrons. The molecule has 111 valence electrons. The summed E-state index contributed by atoms with van der Waals surface area (Å²) in [5.41, 5.74) is -0.0300. The van der Waals surface area contributed by atoms with E-state index in [2.05, 4.69) is 32.5 Å². The van der Waals surface area contributed by atoms with E-state index in [1.807, 2.05) is 20.8 Å². The zero-order valence-corrected chi connectivity index (χ0v) is 13.4. The minimum absolute atomic E-state index is 0.307. The molecule has 0 aromatic heterocycles. The summed E-state index contributed by atoms with van der Waals surface area (Å²) in [6.07, 6.45) is 5.64. The standard InChI is InChI=1S/C16H30NO2/c1-15(2,3)13-9-7-12(8-10-13)11-17-14(18)19-16(4,5)6/h7,12-13H,8-11H2,1-6H3,(H,17,18). The van der Waals surface area contributed by atoms with Gasteiger partial charge in [0.2, 0.25) is 0 Å². The van der Waals surface area contributed by atoms with Crippen LogP contribution in [0, 0.1) is 23.7 Å². The van der Waals surface area contributed by atoms with Crippen LogP contribution in [0.4, 0.5) is 4.79 Å². The molecule has 2 unspecified atom stereocenters. The van der Waals surface area contributed by atoms with E-state index in [1.165, 1.54) is 6.42 Å². The largest absolute Gasteiger partial charge is 0.444 e. The highest BCUT2D eigenvalue weighted by Crippen LogP contribution is 2.39. The number of carbonyl (C=O) groups excluding carboxylic acids is 1. The second-order valence-corrected chi connectivity index (χ2v) is 7.75. The zero-order chi connectivity index (χ0) is 14.7. The van der Waals surface area contributed by atoms with Gasteiger partial charge in [0.25, 0.3) is 0 Å². The Labute approximate surface area is 118 Å². The highest BCUT2D eigenvalue weighted by atomic mass is 16.6. The molecular formula is C16H30NO2. The monoisotopic (exact) mass is 268 g/mol. The maximum atomic E-state index is 11.6. The molecule has 0 aromatic carbocycles. The van der Waals surface area contributed by atoms with E-state index in [-0.39, 0.29) is 6.09 Å². The second kappa shape index (κ2) is 6.15. The summed E-state index contributed by atoms with van der Waals surface area (Å²) in [5, 5.41) is 2.87. The molecule has 3 heteroatoms. The molecule has 0 heterocycles. The van der Waals surface area contributed by atoms with Crippen LogP contribution >= 0.6 is 0 Å². The van der Waals surface area contributed by atoms with Crippen molar-refractivity contribution in [2.24, 2.45) is 17.3 Å². The number of carbonyl (C=O) groups is 1. The van der Waals surface area contributed by atoms with Gasteiger partial charge >= 0.3 is 6.09 Å². The third kappa shape index (κ3) is 6.31. The van der Waals surface area contributed by atoms with Gasteiger partial charge in [-0.25, -0.2) is 4.79 Å². The van der Waals surface area contributed by atoms with Crippen LogP contribution in [-0.4, -0.2) is 18.2 Å². The summed E-state index contributed by atoms with van der Waals surface area (Å²) in [5.74, 6) is 1.26. The van der Waals surface area contributed by atoms with Gasteiger partial charge < -0.3 is 10.1 Å². The van der Waals surface area contributed by atoms with Crippen molar-refractivity contribution in [3.05, 3.63) is 6.42 Å². The van der Waals surface area contributed by atoms with E-state index in [0.29, 0.717) is 17.9 Å². The average Bonchev–Trinajstić information content (AvgIpc) is 2.23. The Hall–Kier alpha value is -0.730. The lowest BCUT2D eigenvalue weighted by molar-refractivity contribution is 0.0516. The first-order chi connectivity index (χ1) is 8.58. The van der Waals surface area contributed by atoms with Gasteiger partial charge in [-0.1, -0.05) is 20.8 Å². The highest BCUT2D eigenvalue weighted by molar-refractivity contribution is 5.67. The summed E-state index contributed by atoms with van der Waals surface area (Å²) < 4.78 is 5.24. The molecule has 1 N–H and O–H groups in total. The predicted octanol–water partition coefficient (Wildman–Crippen LogP) is 4.18. The number of rotatable bonds is 2. The SMILES string of the molecule is CC(C)(C)OC(=O)NCC1[CH]CC(C(C)(C)C)CC1. The number of nitrogens with one attached hydrogen (secondary N) is 1. The Bertz CT molecular complexity index is 291. The van der Waals surface area contributed by atoms with Gasteiger partial charge in [-0.15, -0.1) is 0 Å². The van der Waals surface area contributed by atoms with Gasteiger partial charge in [0.1, 0.15) is 5.60 Å². The lowest BCUT2D eigenvalue weighted by Crippen LogP contribution is -2.37. The van der Waals surface area contributed by atoms with Gasteiger partial charge in [0.15, 0.2) is 0 Å². The Kier molecular flexibility index (Phi) is 5.28. The van der Waals surface area contributed by atoms with E-state index in [4.69, 9.17) is 4.74 Å². The fraction of sp³-hybridized carbons (Fsp3) is 0.875. The van der Waals surface area contributed by atoms with Crippen molar-refractivity contribution in [2.75, 3.05) is 6.54 Å². The smallest absolute Gasteiger partial charge is 0.407 e. The van der Waals surface area contributed by atoms with E-state index in [9.17, 15) is 4.79 Å². The van der Waals surface area contributed by atoms with Crippen molar-refractivity contribution in [2.45, 2.75) is 66.4 Å². The molecule has 1 rings (SSSR count). The van der Waals surface area contributed by atoms with Gasteiger partial charge in [-0.2, -0.15) is 0 Å². The van der Waals surface area contributed by atoms with Gasteiger partial charge in [-0.3, -0.25) is 0 Å². The Morgan fingerprint density at radius 2 is 1.84 bits per heavy atom. The van der Waals surface area contributed by atoms with Crippen LogP contribution in [0.1, 0.15) is 60.8 Å². The zero-order valence-electron chi connectivity index (χ0n) is 13.4. The van der Waals surface area contributed by atoms with Crippen LogP contribution in [0.3, 0.4) is 0 Å². The first kappa shape index (κ1) is 16.3. The van der Waals surface area contributed by atoms with Crippen molar-refractivity contribution in [1.82, 2.24) is 5.32 Å². The van der Waals surface area contributed by atoms with E-state index >= 15 is 0 Å². The quantitative estimate of drug-likeness (QED) is 0.816. The second-order valence-electron chi connectivity index (χ2n) is 7.75. The number of amides is 1. The first-order valence-corrected chi connectivity index (χ1v) is 7.38. The fourth-order valence-corrected chi connectivity index (χ4v) is 2.51. The predicted molar refractivity (Wildman–Crippen MR) is 78.8 cm³/mol. The van der Waals surface area contributed by atoms with Crippen molar-refractivity contribution in [3.63, 3.8) is 0 Å². The lowest BCUT2D eigenvalue weighted by Gasteiger charge is -2.36. The molecule has 1 saturated carbocycles.